The minimum atomic E-state index is -0.181. The Kier molecular flexibility index (Phi) is 2.93. The fourth-order valence-electron chi connectivity index (χ4n) is 1.94. The number of hydrogen-bond donors (Lipinski definition) is 2. The van der Waals surface area contributed by atoms with Gasteiger partial charge in [-0.15, -0.1) is 0 Å². The van der Waals surface area contributed by atoms with Crippen LogP contribution >= 0.6 is 11.6 Å². The zero-order valence-electron chi connectivity index (χ0n) is 9.85. The molecule has 0 saturated heterocycles. The molecule has 3 aromatic rings. The number of H-pyrrole nitrogens is 1. The molecule has 2 heterocycles. The van der Waals surface area contributed by atoms with Crippen LogP contribution in [-0.4, -0.2) is 15.9 Å². The molecule has 3 rings (SSSR count). The zero-order chi connectivity index (χ0) is 13.2. The van der Waals surface area contributed by atoms with Crippen molar-refractivity contribution >= 4 is 34.1 Å². The first-order chi connectivity index (χ1) is 9.24. The number of amides is 1. The molecule has 0 aliphatic heterocycles. The second kappa shape index (κ2) is 4.74. The van der Waals surface area contributed by atoms with Gasteiger partial charge in [0, 0.05) is 29.0 Å². The monoisotopic (exact) mass is 271 g/mol. The first kappa shape index (κ1) is 11.7. The number of para-hydroxylation sites is 1. The molecule has 0 atom stereocenters. The van der Waals surface area contributed by atoms with Crippen LogP contribution in [0.5, 0.6) is 0 Å². The summed E-state index contributed by atoms with van der Waals surface area (Å²) in [6, 6.07) is 10.9. The van der Waals surface area contributed by atoms with Gasteiger partial charge in [-0.3, -0.25) is 4.79 Å². The Labute approximate surface area is 114 Å². The third kappa shape index (κ3) is 2.30. The molecule has 4 nitrogen and oxygen atoms in total. The summed E-state index contributed by atoms with van der Waals surface area (Å²) in [5.74, 6) is -0.181. The summed E-state index contributed by atoms with van der Waals surface area (Å²) in [7, 11) is 0. The molecule has 5 heteroatoms. The van der Waals surface area contributed by atoms with Gasteiger partial charge >= 0.3 is 0 Å². The number of anilines is 1. The van der Waals surface area contributed by atoms with E-state index >= 15 is 0 Å². The van der Waals surface area contributed by atoms with Crippen LogP contribution in [0.2, 0.25) is 5.15 Å². The third-order valence-corrected chi connectivity index (χ3v) is 3.03. The Hall–Kier alpha value is -2.33. The summed E-state index contributed by atoms with van der Waals surface area (Å²) >= 11 is 5.78. The molecule has 1 aromatic carbocycles. The number of fused-ring (bicyclic) bond motifs is 1. The van der Waals surface area contributed by atoms with Gasteiger partial charge in [-0.2, -0.15) is 0 Å². The molecule has 0 saturated carbocycles. The van der Waals surface area contributed by atoms with E-state index in [0.717, 1.165) is 10.9 Å². The van der Waals surface area contributed by atoms with E-state index in [2.05, 4.69) is 15.3 Å². The average Bonchev–Trinajstić information content (AvgIpc) is 2.82. The van der Waals surface area contributed by atoms with Crippen LogP contribution in [0, 0.1) is 0 Å². The maximum Gasteiger partial charge on any atom is 0.257 e. The van der Waals surface area contributed by atoms with Gasteiger partial charge < -0.3 is 10.3 Å². The Morgan fingerprint density at radius 1 is 1.26 bits per heavy atom. The van der Waals surface area contributed by atoms with Crippen molar-refractivity contribution in [2.24, 2.45) is 0 Å². The Balaban J connectivity index is 1.92. The van der Waals surface area contributed by atoms with Crippen LogP contribution in [0.15, 0.2) is 48.8 Å². The number of benzene rings is 1. The first-order valence-electron chi connectivity index (χ1n) is 5.73. The van der Waals surface area contributed by atoms with Gasteiger partial charge in [0.05, 0.1) is 5.56 Å². The predicted molar refractivity (Wildman–Crippen MR) is 75.5 cm³/mol. The third-order valence-electron chi connectivity index (χ3n) is 2.82. The summed E-state index contributed by atoms with van der Waals surface area (Å²) < 4.78 is 0. The molecule has 0 bridgehead atoms. The molecule has 19 heavy (non-hydrogen) atoms. The van der Waals surface area contributed by atoms with E-state index in [1.54, 1.807) is 24.5 Å². The van der Waals surface area contributed by atoms with Crippen LogP contribution in [0.4, 0.5) is 5.69 Å². The smallest absolute Gasteiger partial charge is 0.257 e. The summed E-state index contributed by atoms with van der Waals surface area (Å²) in [6.07, 6.45) is 3.25. The Morgan fingerprint density at radius 2 is 2.11 bits per heavy atom. The van der Waals surface area contributed by atoms with E-state index in [4.69, 9.17) is 11.6 Å². The molecule has 94 valence electrons. The number of carbonyl (C=O) groups excluding carboxylic acids is 1. The molecule has 0 fully saturated rings. The predicted octanol–water partition coefficient (Wildman–Crippen LogP) is 3.47. The second-order valence-electron chi connectivity index (χ2n) is 4.07. The SMILES string of the molecule is O=C(Nc1ccnc(Cl)c1)c1c[nH]c2ccccc12. The van der Waals surface area contributed by atoms with Gasteiger partial charge in [0.25, 0.3) is 5.91 Å². The second-order valence-corrected chi connectivity index (χ2v) is 4.46. The van der Waals surface area contributed by atoms with Crippen LogP contribution in [0.25, 0.3) is 10.9 Å². The molecule has 2 N–H and O–H groups in total. The van der Waals surface area contributed by atoms with Gasteiger partial charge in [-0.25, -0.2) is 4.98 Å². The standard InChI is InChI=1S/C14H10ClN3O/c15-13-7-9(5-6-16-13)18-14(19)11-8-17-12-4-2-1-3-10(11)12/h1-8,17H,(H,16,18,19). The molecule has 0 radical (unpaired) electrons. The lowest BCUT2D eigenvalue weighted by molar-refractivity contribution is 0.102. The van der Waals surface area contributed by atoms with Gasteiger partial charge in [0.2, 0.25) is 0 Å². The molecular formula is C14H10ClN3O. The molecule has 0 aliphatic rings. The highest BCUT2D eigenvalue weighted by molar-refractivity contribution is 6.29. The number of carbonyl (C=O) groups is 1. The van der Waals surface area contributed by atoms with Crippen molar-refractivity contribution in [2.45, 2.75) is 0 Å². The topological polar surface area (TPSA) is 57.8 Å². The highest BCUT2D eigenvalue weighted by atomic mass is 35.5. The highest BCUT2D eigenvalue weighted by Crippen LogP contribution is 2.19. The van der Waals surface area contributed by atoms with Crippen molar-refractivity contribution in [3.05, 3.63) is 59.5 Å². The summed E-state index contributed by atoms with van der Waals surface area (Å²) in [6.45, 7) is 0. The number of hydrogen-bond acceptors (Lipinski definition) is 2. The normalized spacial score (nSPS) is 10.6. The molecule has 1 amide bonds. The van der Waals surface area contributed by atoms with Crippen molar-refractivity contribution in [2.75, 3.05) is 5.32 Å². The lowest BCUT2D eigenvalue weighted by atomic mass is 10.1. The van der Waals surface area contributed by atoms with E-state index < -0.39 is 0 Å². The van der Waals surface area contributed by atoms with Crippen molar-refractivity contribution in [3.8, 4) is 0 Å². The highest BCUT2D eigenvalue weighted by Gasteiger charge is 2.11. The molecular weight excluding hydrogens is 262 g/mol. The van der Waals surface area contributed by atoms with Crippen LogP contribution < -0.4 is 5.32 Å². The average molecular weight is 272 g/mol. The van der Waals surface area contributed by atoms with E-state index in [-0.39, 0.29) is 5.91 Å². The first-order valence-corrected chi connectivity index (χ1v) is 6.11. The molecule has 0 aliphatic carbocycles. The molecule has 0 spiro atoms. The van der Waals surface area contributed by atoms with Gasteiger partial charge in [-0.05, 0) is 18.2 Å². The van der Waals surface area contributed by atoms with Crippen molar-refractivity contribution < 1.29 is 4.79 Å². The lowest BCUT2D eigenvalue weighted by Crippen LogP contribution is -2.11. The Morgan fingerprint density at radius 3 is 2.95 bits per heavy atom. The fraction of sp³-hybridized carbons (Fsp3) is 0. The number of aromatic nitrogens is 2. The summed E-state index contributed by atoms with van der Waals surface area (Å²) in [5.41, 5.74) is 2.15. The number of nitrogens with one attached hydrogen (secondary N) is 2. The van der Waals surface area contributed by atoms with Crippen LogP contribution in [0.3, 0.4) is 0 Å². The van der Waals surface area contributed by atoms with E-state index in [1.165, 1.54) is 0 Å². The number of nitrogens with zero attached hydrogens (tertiary/aromatic N) is 1. The number of pyridine rings is 1. The largest absolute Gasteiger partial charge is 0.360 e. The lowest BCUT2D eigenvalue weighted by Gasteiger charge is -2.04. The number of rotatable bonds is 2. The van der Waals surface area contributed by atoms with Crippen LogP contribution in [0.1, 0.15) is 10.4 Å². The maximum absolute atomic E-state index is 12.2. The van der Waals surface area contributed by atoms with Crippen LogP contribution in [-0.2, 0) is 0 Å². The Bertz CT molecular complexity index is 751. The minimum Gasteiger partial charge on any atom is -0.360 e. The van der Waals surface area contributed by atoms with E-state index in [0.29, 0.717) is 16.4 Å². The van der Waals surface area contributed by atoms with Crippen molar-refractivity contribution in [1.29, 1.82) is 0 Å². The van der Waals surface area contributed by atoms with Crippen molar-refractivity contribution in [3.63, 3.8) is 0 Å². The summed E-state index contributed by atoms with van der Waals surface area (Å²) in [5, 5.41) is 4.03. The molecule has 0 unspecified atom stereocenters. The fourth-order valence-corrected chi connectivity index (χ4v) is 2.11. The van der Waals surface area contributed by atoms with Gasteiger partial charge in [0.1, 0.15) is 5.15 Å². The van der Waals surface area contributed by atoms with E-state index in [1.807, 2.05) is 24.3 Å². The number of aromatic amines is 1. The van der Waals surface area contributed by atoms with Gasteiger partial charge in [0.15, 0.2) is 0 Å². The van der Waals surface area contributed by atoms with E-state index in [9.17, 15) is 4.79 Å². The summed E-state index contributed by atoms with van der Waals surface area (Å²) in [4.78, 5) is 19.1. The quantitative estimate of drug-likeness (QED) is 0.701. The minimum absolute atomic E-state index is 0.181. The maximum atomic E-state index is 12.2. The molecule has 2 aromatic heterocycles. The number of halogens is 1. The van der Waals surface area contributed by atoms with Crippen molar-refractivity contribution in [1.82, 2.24) is 9.97 Å². The van der Waals surface area contributed by atoms with Gasteiger partial charge in [-0.1, -0.05) is 29.8 Å². The zero-order valence-corrected chi connectivity index (χ0v) is 10.6.